The first-order valence-corrected chi connectivity index (χ1v) is 10.7. The molecule has 0 amide bonds. The fourth-order valence-corrected chi connectivity index (χ4v) is 3.70. The second-order valence-electron chi connectivity index (χ2n) is 7.72. The summed E-state index contributed by atoms with van der Waals surface area (Å²) in [6, 6.07) is 11.8. The summed E-state index contributed by atoms with van der Waals surface area (Å²) in [7, 11) is 0. The zero-order valence-corrected chi connectivity index (χ0v) is 18.7. The molecular weight excluding hydrogens is 405 g/mol. The Balaban J connectivity index is 2.07. The van der Waals surface area contributed by atoms with E-state index >= 15 is 0 Å². The molecule has 0 fully saturated rings. The third-order valence-corrected chi connectivity index (χ3v) is 5.41. The number of hydrogen-bond acceptors (Lipinski definition) is 4. The monoisotopic (exact) mass is 435 g/mol. The highest BCUT2D eigenvalue weighted by atomic mass is 35.5. The van der Waals surface area contributed by atoms with Gasteiger partial charge in [-0.05, 0) is 69.4 Å². The van der Waals surface area contributed by atoms with Gasteiger partial charge in [0.2, 0.25) is 0 Å². The van der Waals surface area contributed by atoms with Crippen molar-refractivity contribution in [3.05, 3.63) is 58.9 Å². The molecule has 4 nitrogen and oxygen atoms in total. The molecule has 0 radical (unpaired) electrons. The molecule has 2 atom stereocenters. The topological polar surface area (TPSA) is 61.5 Å². The van der Waals surface area contributed by atoms with E-state index in [0.717, 1.165) is 11.1 Å². The smallest absolute Gasteiger partial charge is 0.311 e. The van der Waals surface area contributed by atoms with Crippen LogP contribution in [-0.4, -0.2) is 31.8 Å². The number of rotatable bonds is 11. The lowest BCUT2D eigenvalue weighted by molar-refractivity contribution is -0.156. The molecule has 0 aliphatic rings. The number of hydrogen-bond donors (Lipinski definition) is 1. The van der Waals surface area contributed by atoms with Crippen molar-refractivity contribution in [1.82, 2.24) is 0 Å². The summed E-state index contributed by atoms with van der Waals surface area (Å²) < 4.78 is 24.8. The molecule has 0 aliphatic heterocycles. The van der Waals surface area contributed by atoms with E-state index in [1.165, 1.54) is 12.1 Å². The largest absolute Gasteiger partial charge is 0.466 e. The van der Waals surface area contributed by atoms with Crippen molar-refractivity contribution < 1.29 is 18.7 Å². The first-order valence-electron chi connectivity index (χ1n) is 10.3. The van der Waals surface area contributed by atoms with Gasteiger partial charge >= 0.3 is 5.97 Å². The van der Waals surface area contributed by atoms with Crippen LogP contribution in [0, 0.1) is 11.2 Å². The van der Waals surface area contributed by atoms with Crippen molar-refractivity contribution in [1.29, 1.82) is 0 Å². The van der Waals surface area contributed by atoms with Crippen LogP contribution in [0.25, 0.3) is 11.1 Å². The van der Waals surface area contributed by atoms with Crippen molar-refractivity contribution in [3.63, 3.8) is 0 Å². The Labute approximate surface area is 183 Å². The first-order chi connectivity index (χ1) is 14.3. The van der Waals surface area contributed by atoms with Crippen molar-refractivity contribution in [2.24, 2.45) is 11.1 Å². The van der Waals surface area contributed by atoms with Gasteiger partial charge in [-0.2, -0.15) is 0 Å². The molecule has 0 saturated heterocycles. The Bertz CT molecular complexity index is 828. The molecule has 2 aromatic rings. The van der Waals surface area contributed by atoms with Crippen LogP contribution in [0.4, 0.5) is 4.39 Å². The van der Waals surface area contributed by atoms with E-state index in [4.69, 9.17) is 26.8 Å². The van der Waals surface area contributed by atoms with Crippen LogP contribution in [0.5, 0.6) is 0 Å². The van der Waals surface area contributed by atoms with Crippen LogP contribution in [-0.2, 0) is 20.7 Å². The van der Waals surface area contributed by atoms with Gasteiger partial charge in [0, 0.05) is 29.8 Å². The Morgan fingerprint density at radius 1 is 1.17 bits per heavy atom. The number of nitrogens with two attached hydrogens (primary N) is 1. The van der Waals surface area contributed by atoms with E-state index < -0.39 is 5.41 Å². The first kappa shape index (κ1) is 24.3. The van der Waals surface area contributed by atoms with Gasteiger partial charge < -0.3 is 15.2 Å². The Hall–Kier alpha value is -1.95. The average Bonchev–Trinajstić information content (AvgIpc) is 2.71. The summed E-state index contributed by atoms with van der Waals surface area (Å²) in [6.45, 7) is 7.02. The van der Waals surface area contributed by atoms with E-state index in [-0.39, 0.29) is 17.8 Å². The Morgan fingerprint density at radius 3 is 2.50 bits per heavy atom. The highest BCUT2D eigenvalue weighted by Gasteiger charge is 2.36. The number of carbonyl (C=O) groups is 1. The minimum absolute atomic E-state index is 0.227. The van der Waals surface area contributed by atoms with Gasteiger partial charge in [-0.15, -0.1) is 0 Å². The molecule has 0 bridgehead atoms. The second-order valence-corrected chi connectivity index (χ2v) is 8.15. The van der Waals surface area contributed by atoms with Crippen LogP contribution >= 0.6 is 11.6 Å². The van der Waals surface area contributed by atoms with E-state index in [1.807, 2.05) is 38.1 Å². The van der Waals surface area contributed by atoms with Crippen LogP contribution in [0.15, 0.2) is 42.5 Å². The molecule has 2 N–H and O–H groups in total. The number of esters is 1. The lowest BCUT2D eigenvalue weighted by Crippen LogP contribution is -2.38. The molecule has 0 spiro atoms. The molecule has 6 heteroatoms. The molecule has 0 aliphatic carbocycles. The van der Waals surface area contributed by atoms with E-state index in [0.29, 0.717) is 49.7 Å². The molecule has 0 aromatic heterocycles. The van der Waals surface area contributed by atoms with Crippen molar-refractivity contribution >= 4 is 17.6 Å². The molecule has 2 rings (SSSR count). The third-order valence-electron chi connectivity index (χ3n) is 5.17. The minimum atomic E-state index is -0.700. The summed E-state index contributed by atoms with van der Waals surface area (Å²) in [5.74, 6) is -0.560. The van der Waals surface area contributed by atoms with Crippen LogP contribution in [0.1, 0.15) is 39.2 Å². The van der Waals surface area contributed by atoms with Gasteiger partial charge in [0.1, 0.15) is 5.82 Å². The summed E-state index contributed by atoms with van der Waals surface area (Å²) in [5, 5.41) is 0.489. The van der Waals surface area contributed by atoms with Gasteiger partial charge in [-0.25, -0.2) is 4.39 Å². The molecule has 0 saturated carbocycles. The van der Waals surface area contributed by atoms with E-state index in [2.05, 4.69) is 0 Å². The molecular formula is C24H31ClFNO3. The highest BCUT2D eigenvalue weighted by Crippen LogP contribution is 2.31. The van der Waals surface area contributed by atoms with Crippen LogP contribution < -0.4 is 5.73 Å². The zero-order valence-electron chi connectivity index (χ0n) is 17.9. The standard InChI is InChI=1S/C24H31ClFNO3/c1-4-29-13-12-24(3,23(28)30-5-2)16-20(27)14-17-6-8-18(9-7-17)21-15-19(25)10-11-22(21)26/h6-11,15,20H,4-5,12-14,16,27H2,1-3H3/t20-,24?/m1/s1. The van der Waals surface area contributed by atoms with Crippen LogP contribution in [0.3, 0.4) is 0 Å². The Morgan fingerprint density at radius 2 is 1.87 bits per heavy atom. The van der Waals surface area contributed by atoms with Gasteiger partial charge in [0.15, 0.2) is 0 Å². The normalized spacial score (nSPS) is 14.2. The fraction of sp³-hybridized carbons (Fsp3) is 0.458. The summed E-state index contributed by atoms with van der Waals surface area (Å²) in [6.07, 6.45) is 1.64. The maximum absolute atomic E-state index is 14.1. The average molecular weight is 436 g/mol. The SMILES string of the molecule is CCOCCC(C)(C[C@H](N)Cc1ccc(-c2cc(Cl)ccc2F)cc1)C(=O)OCC. The van der Waals surface area contributed by atoms with Gasteiger partial charge in [0.25, 0.3) is 0 Å². The maximum atomic E-state index is 14.1. The third kappa shape index (κ3) is 6.79. The molecule has 164 valence electrons. The summed E-state index contributed by atoms with van der Waals surface area (Å²) >= 11 is 5.99. The van der Waals surface area contributed by atoms with Gasteiger partial charge in [0.05, 0.1) is 12.0 Å². The lowest BCUT2D eigenvalue weighted by Gasteiger charge is -2.30. The number of ether oxygens (including phenoxy) is 2. The van der Waals surface area contributed by atoms with Crippen molar-refractivity contribution in [2.45, 2.75) is 46.1 Å². The van der Waals surface area contributed by atoms with E-state index in [1.54, 1.807) is 13.0 Å². The summed E-state index contributed by atoms with van der Waals surface area (Å²) in [4.78, 5) is 12.5. The predicted molar refractivity (Wildman–Crippen MR) is 119 cm³/mol. The number of halogens is 2. The lowest BCUT2D eigenvalue weighted by atomic mass is 9.79. The Kier molecular flexibility index (Phi) is 9.28. The van der Waals surface area contributed by atoms with Crippen molar-refractivity contribution in [3.8, 4) is 11.1 Å². The van der Waals surface area contributed by atoms with Crippen LogP contribution in [0.2, 0.25) is 5.02 Å². The quantitative estimate of drug-likeness (QED) is 0.379. The number of carbonyl (C=O) groups excluding carboxylic acids is 1. The van der Waals surface area contributed by atoms with Gasteiger partial charge in [-0.3, -0.25) is 4.79 Å². The molecule has 1 unspecified atom stereocenters. The minimum Gasteiger partial charge on any atom is -0.466 e. The second kappa shape index (κ2) is 11.4. The fourth-order valence-electron chi connectivity index (χ4n) is 3.53. The molecule has 30 heavy (non-hydrogen) atoms. The van der Waals surface area contributed by atoms with Gasteiger partial charge in [-0.1, -0.05) is 35.9 Å². The highest BCUT2D eigenvalue weighted by molar-refractivity contribution is 6.30. The number of benzene rings is 2. The van der Waals surface area contributed by atoms with E-state index in [9.17, 15) is 9.18 Å². The predicted octanol–water partition coefficient (Wildman–Crippen LogP) is 5.40. The molecule has 2 aromatic carbocycles. The maximum Gasteiger partial charge on any atom is 0.311 e. The summed E-state index contributed by atoms with van der Waals surface area (Å²) in [5.41, 5.74) is 7.93. The van der Waals surface area contributed by atoms with Crippen molar-refractivity contribution in [2.75, 3.05) is 19.8 Å². The zero-order chi connectivity index (χ0) is 22.1. The molecule has 0 heterocycles.